The van der Waals surface area contributed by atoms with E-state index in [2.05, 4.69) is 0 Å². The Hall–Kier alpha value is -1.50. The molecule has 0 saturated carbocycles. The van der Waals surface area contributed by atoms with Crippen molar-refractivity contribution < 1.29 is 18.1 Å². The zero-order chi connectivity index (χ0) is 17.5. The molecule has 1 aliphatic heterocycles. The third-order valence-electron chi connectivity index (χ3n) is 4.63. The molecule has 2 aromatic rings. The average Bonchev–Trinajstić information content (AvgIpc) is 3.08. The van der Waals surface area contributed by atoms with Gasteiger partial charge in [-0.3, -0.25) is 0 Å². The molecule has 0 bridgehead atoms. The molecule has 0 radical (unpaired) electrons. The molecule has 6 heteroatoms. The summed E-state index contributed by atoms with van der Waals surface area (Å²) in [6, 6.07) is 6.66. The molecule has 1 aromatic heterocycles. The number of rotatable bonds is 3. The van der Waals surface area contributed by atoms with Gasteiger partial charge in [-0.05, 0) is 67.8 Å². The van der Waals surface area contributed by atoms with Crippen LogP contribution < -0.4 is 0 Å². The normalized spacial score (nSPS) is 19.8. The summed E-state index contributed by atoms with van der Waals surface area (Å²) < 4.78 is 40.1. The predicted octanol–water partition coefficient (Wildman–Crippen LogP) is 5.50. The van der Waals surface area contributed by atoms with Crippen molar-refractivity contribution >= 4 is 24.5 Å². The van der Waals surface area contributed by atoms with Gasteiger partial charge >= 0.3 is 7.12 Å². The third-order valence-corrected chi connectivity index (χ3v) is 5.31. The molecule has 0 N–H and O–H groups in total. The van der Waals surface area contributed by atoms with Gasteiger partial charge in [0.05, 0.1) is 11.2 Å². The first kappa shape index (κ1) is 17.3. The van der Waals surface area contributed by atoms with Crippen LogP contribution in [0, 0.1) is 5.82 Å². The van der Waals surface area contributed by atoms with E-state index in [0.717, 1.165) is 17.2 Å². The summed E-state index contributed by atoms with van der Waals surface area (Å²) in [5.41, 5.74) is -0.0335. The molecule has 1 aromatic carbocycles. The first-order valence-corrected chi connectivity index (χ1v) is 8.69. The minimum Gasteiger partial charge on any atom is -0.398 e. The summed E-state index contributed by atoms with van der Waals surface area (Å²) in [6.07, 6.45) is 1.13. The Kier molecular flexibility index (Phi) is 4.40. The van der Waals surface area contributed by atoms with Crippen LogP contribution in [0.1, 0.15) is 33.3 Å². The van der Waals surface area contributed by atoms with E-state index in [1.807, 2.05) is 44.5 Å². The van der Waals surface area contributed by atoms with Gasteiger partial charge in [0.25, 0.3) is 0 Å². The summed E-state index contributed by atoms with van der Waals surface area (Å²) >= 11 is 1.54. The molecule has 24 heavy (non-hydrogen) atoms. The van der Waals surface area contributed by atoms with Crippen LogP contribution in [0.15, 0.2) is 40.8 Å². The highest BCUT2D eigenvalue weighted by atomic mass is 32.1. The van der Waals surface area contributed by atoms with Crippen LogP contribution in [-0.2, 0) is 9.31 Å². The summed E-state index contributed by atoms with van der Waals surface area (Å²) in [5.74, 6) is -0.481. The fourth-order valence-corrected chi connectivity index (χ4v) is 3.09. The van der Waals surface area contributed by atoms with E-state index < -0.39 is 29.9 Å². The summed E-state index contributed by atoms with van der Waals surface area (Å²) in [5, 5.41) is 3.87. The van der Waals surface area contributed by atoms with Crippen molar-refractivity contribution in [1.29, 1.82) is 0 Å². The van der Waals surface area contributed by atoms with E-state index in [1.54, 1.807) is 23.5 Å². The molecule has 126 valence electrons. The molecule has 2 heterocycles. The van der Waals surface area contributed by atoms with Crippen molar-refractivity contribution in [3.8, 4) is 11.1 Å². The Morgan fingerprint density at radius 3 is 2.29 bits per heavy atom. The van der Waals surface area contributed by atoms with Gasteiger partial charge in [0.2, 0.25) is 0 Å². The second-order valence-corrected chi connectivity index (χ2v) is 7.65. The molecule has 0 atom stereocenters. The Bertz CT molecular complexity index is 753. The SMILES string of the molecule is CC1(C)OB(C(F)=Cc2ccc(-c3ccsc3)cc2F)OC1(C)C. The van der Waals surface area contributed by atoms with Crippen LogP contribution in [0.5, 0.6) is 0 Å². The number of hydrogen-bond donors (Lipinski definition) is 0. The van der Waals surface area contributed by atoms with E-state index in [1.165, 1.54) is 6.07 Å². The first-order chi connectivity index (χ1) is 11.2. The van der Waals surface area contributed by atoms with Crippen molar-refractivity contribution in [1.82, 2.24) is 0 Å². The molecular weight excluding hydrogens is 329 g/mol. The molecule has 1 fully saturated rings. The van der Waals surface area contributed by atoms with E-state index in [0.29, 0.717) is 0 Å². The quantitative estimate of drug-likeness (QED) is 0.683. The predicted molar refractivity (Wildman–Crippen MR) is 94.9 cm³/mol. The van der Waals surface area contributed by atoms with Gasteiger partial charge in [0.1, 0.15) is 11.5 Å². The van der Waals surface area contributed by atoms with Gasteiger partial charge in [-0.1, -0.05) is 12.1 Å². The summed E-state index contributed by atoms with van der Waals surface area (Å²) in [6.45, 7) is 7.38. The number of benzene rings is 1. The molecule has 3 rings (SSSR count). The average molecular weight is 348 g/mol. The Morgan fingerprint density at radius 2 is 1.75 bits per heavy atom. The minimum absolute atomic E-state index is 0.168. The molecule has 0 aliphatic carbocycles. The summed E-state index contributed by atoms with van der Waals surface area (Å²) in [7, 11) is -1.12. The lowest BCUT2D eigenvalue weighted by Gasteiger charge is -2.32. The standard InChI is InChI=1S/C18H19BF2O2S/c1-17(2)18(3,4)23-19(22-17)16(21)10-13-6-5-12(9-15(13)20)14-7-8-24-11-14/h5-11H,1-4H3. The maximum Gasteiger partial charge on any atom is 0.525 e. The Labute approximate surface area is 145 Å². The lowest BCUT2D eigenvalue weighted by Crippen LogP contribution is -2.41. The van der Waals surface area contributed by atoms with E-state index in [4.69, 9.17) is 9.31 Å². The van der Waals surface area contributed by atoms with Gasteiger partial charge in [-0.2, -0.15) is 11.3 Å². The second-order valence-electron chi connectivity index (χ2n) is 6.87. The Morgan fingerprint density at radius 1 is 1.08 bits per heavy atom. The molecular formula is C18H19BF2O2S. The van der Waals surface area contributed by atoms with Gasteiger partial charge in [-0.25, -0.2) is 8.78 Å². The number of thiophene rings is 1. The van der Waals surface area contributed by atoms with Crippen LogP contribution in [0.3, 0.4) is 0 Å². The van der Waals surface area contributed by atoms with Crippen LogP contribution >= 0.6 is 11.3 Å². The monoisotopic (exact) mass is 348 g/mol. The second kappa shape index (κ2) is 6.10. The van der Waals surface area contributed by atoms with Gasteiger partial charge in [0.15, 0.2) is 0 Å². The van der Waals surface area contributed by atoms with Crippen LogP contribution in [0.4, 0.5) is 8.78 Å². The van der Waals surface area contributed by atoms with Crippen LogP contribution in [0.2, 0.25) is 0 Å². The van der Waals surface area contributed by atoms with Crippen molar-refractivity contribution in [2.24, 2.45) is 0 Å². The van der Waals surface area contributed by atoms with Crippen molar-refractivity contribution in [3.63, 3.8) is 0 Å². The van der Waals surface area contributed by atoms with Crippen LogP contribution in [-0.4, -0.2) is 18.3 Å². The highest BCUT2D eigenvalue weighted by molar-refractivity contribution is 7.08. The fourth-order valence-electron chi connectivity index (χ4n) is 2.42. The summed E-state index contributed by atoms with van der Waals surface area (Å²) in [4.78, 5) is 0. The zero-order valence-corrected chi connectivity index (χ0v) is 14.9. The molecule has 0 unspecified atom stereocenters. The molecule has 2 nitrogen and oxygen atoms in total. The number of hydrogen-bond acceptors (Lipinski definition) is 3. The first-order valence-electron chi connectivity index (χ1n) is 7.74. The van der Waals surface area contributed by atoms with Gasteiger partial charge < -0.3 is 9.31 Å². The largest absolute Gasteiger partial charge is 0.525 e. The van der Waals surface area contributed by atoms with Crippen molar-refractivity contribution in [2.45, 2.75) is 38.9 Å². The lowest BCUT2D eigenvalue weighted by molar-refractivity contribution is 0.00578. The maximum absolute atomic E-state index is 14.5. The zero-order valence-electron chi connectivity index (χ0n) is 14.1. The highest BCUT2D eigenvalue weighted by Crippen LogP contribution is 2.39. The van der Waals surface area contributed by atoms with E-state index >= 15 is 0 Å². The molecule has 0 spiro atoms. The van der Waals surface area contributed by atoms with Crippen molar-refractivity contribution in [3.05, 3.63) is 52.1 Å². The van der Waals surface area contributed by atoms with E-state index in [-0.39, 0.29) is 5.56 Å². The van der Waals surface area contributed by atoms with Crippen LogP contribution in [0.25, 0.3) is 17.2 Å². The van der Waals surface area contributed by atoms with E-state index in [9.17, 15) is 8.78 Å². The lowest BCUT2D eigenvalue weighted by atomic mass is 9.86. The number of halogens is 2. The maximum atomic E-state index is 14.5. The highest BCUT2D eigenvalue weighted by Gasteiger charge is 2.53. The van der Waals surface area contributed by atoms with Crippen molar-refractivity contribution in [2.75, 3.05) is 0 Å². The minimum atomic E-state index is -1.12. The van der Waals surface area contributed by atoms with Gasteiger partial charge in [0, 0.05) is 5.56 Å². The molecule has 1 saturated heterocycles. The van der Waals surface area contributed by atoms with Gasteiger partial charge in [-0.15, -0.1) is 0 Å². The molecule has 0 amide bonds. The fraction of sp³-hybridized carbons (Fsp3) is 0.333. The Balaban J connectivity index is 1.84. The topological polar surface area (TPSA) is 18.5 Å². The smallest absolute Gasteiger partial charge is 0.398 e. The third kappa shape index (κ3) is 3.18. The molecule has 1 aliphatic rings.